The van der Waals surface area contributed by atoms with E-state index in [0.717, 1.165) is 0 Å². The molecule has 0 unspecified atom stereocenters. The first-order valence-corrected chi connectivity index (χ1v) is 6.17. The Bertz CT molecular complexity index is 591. The molecule has 114 valence electrons. The second kappa shape index (κ2) is 6.93. The van der Waals surface area contributed by atoms with Gasteiger partial charge in [0, 0.05) is 5.69 Å². The Labute approximate surface area is 119 Å². The SMILES string of the molecule is COc1ccc(N)cc1-c1nnnn1CCOCC(F)F. The molecule has 2 N–H and O–H groups in total. The lowest BCUT2D eigenvalue weighted by atomic mass is 10.1. The molecule has 0 saturated carbocycles. The van der Waals surface area contributed by atoms with E-state index in [0.29, 0.717) is 22.8 Å². The monoisotopic (exact) mass is 299 g/mol. The fraction of sp³-hybridized carbons (Fsp3) is 0.417. The molecule has 2 aromatic rings. The summed E-state index contributed by atoms with van der Waals surface area (Å²) < 4.78 is 35.5. The first-order chi connectivity index (χ1) is 10.1. The number of benzene rings is 1. The summed E-state index contributed by atoms with van der Waals surface area (Å²) in [6.45, 7) is -0.293. The highest BCUT2D eigenvalue weighted by Gasteiger charge is 2.14. The van der Waals surface area contributed by atoms with Crippen LogP contribution in [0, 0.1) is 0 Å². The molecule has 1 aromatic carbocycles. The predicted octanol–water partition coefficient (Wildman–Crippen LogP) is 1.21. The summed E-state index contributed by atoms with van der Waals surface area (Å²) in [6, 6.07) is 5.08. The van der Waals surface area contributed by atoms with Crippen LogP contribution in [0.5, 0.6) is 5.75 Å². The van der Waals surface area contributed by atoms with Crippen LogP contribution >= 0.6 is 0 Å². The van der Waals surface area contributed by atoms with E-state index < -0.39 is 13.0 Å². The molecule has 7 nitrogen and oxygen atoms in total. The van der Waals surface area contributed by atoms with E-state index in [1.807, 2.05) is 0 Å². The van der Waals surface area contributed by atoms with E-state index in [2.05, 4.69) is 15.5 Å². The molecular formula is C12H15F2N5O2. The Kier molecular flexibility index (Phi) is 4.99. The maximum Gasteiger partial charge on any atom is 0.261 e. The van der Waals surface area contributed by atoms with Crippen molar-refractivity contribution in [2.75, 3.05) is 26.1 Å². The van der Waals surface area contributed by atoms with Gasteiger partial charge in [-0.05, 0) is 28.6 Å². The first-order valence-electron chi connectivity index (χ1n) is 6.17. The standard InChI is InChI=1S/C12H15F2N5O2/c1-20-10-3-2-8(15)6-9(10)12-16-17-18-19(12)4-5-21-7-11(13)14/h2-3,6,11H,4-5,7,15H2,1H3. The Balaban J connectivity index is 2.14. The van der Waals surface area contributed by atoms with Crippen LogP contribution in [0.4, 0.5) is 14.5 Å². The maximum atomic E-state index is 12.0. The molecule has 2 rings (SSSR count). The Morgan fingerprint density at radius 1 is 1.38 bits per heavy atom. The van der Waals surface area contributed by atoms with Gasteiger partial charge >= 0.3 is 0 Å². The number of hydrogen-bond acceptors (Lipinski definition) is 6. The van der Waals surface area contributed by atoms with Crippen LogP contribution in [0.15, 0.2) is 18.2 Å². The van der Waals surface area contributed by atoms with Gasteiger partial charge in [-0.15, -0.1) is 5.10 Å². The molecule has 0 atom stereocenters. The summed E-state index contributed by atoms with van der Waals surface area (Å²) in [6.07, 6.45) is -2.49. The van der Waals surface area contributed by atoms with Gasteiger partial charge in [0.25, 0.3) is 6.43 Å². The maximum absolute atomic E-state index is 12.0. The van der Waals surface area contributed by atoms with Gasteiger partial charge in [-0.25, -0.2) is 13.5 Å². The summed E-state index contributed by atoms with van der Waals surface area (Å²) in [5.41, 5.74) is 6.91. The second-order valence-corrected chi connectivity index (χ2v) is 4.15. The molecule has 21 heavy (non-hydrogen) atoms. The third-order valence-corrected chi connectivity index (χ3v) is 2.69. The highest BCUT2D eigenvalue weighted by atomic mass is 19.3. The third kappa shape index (κ3) is 3.85. The fourth-order valence-corrected chi connectivity index (χ4v) is 1.77. The van der Waals surface area contributed by atoms with E-state index in [1.54, 1.807) is 18.2 Å². The van der Waals surface area contributed by atoms with Crippen molar-refractivity contribution in [2.24, 2.45) is 0 Å². The molecule has 0 spiro atoms. The van der Waals surface area contributed by atoms with Gasteiger partial charge in [0.05, 0.1) is 25.8 Å². The van der Waals surface area contributed by atoms with Crippen molar-refractivity contribution >= 4 is 5.69 Å². The number of hydrogen-bond donors (Lipinski definition) is 1. The van der Waals surface area contributed by atoms with Crippen molar-refractivity contribution < 1.29 is 18.3 Å². The molecule has 0 radical (unpaired) electrons. The minimum absolute atomic E-state index is 0.0764. The van der Waals surface area contributed by atoms with Gasteiger partial charge in [0.1, 0.15) is 12.4 Å². The van der Waals surface area contributed by atoms with Gasteiger partial charge in [-0.3, -0.25) is 0 Å². The molecule has 0 aliphatic carbocycles. The van der Waals surface area contributed by atoms with Crippen molar-refractivity contribution in [3.63, 3.8) is 0 Å². The van der Waals surface area contributed by atoms with Crippen LogP contribution in [0.3, 0.4) is 0 Å². The van der Waals surface area contributed by atoms with Crippen molar-refractivity contribution in [2.45, 2.75) is 13.0 Å². The minimum Gasteiger partial charge on any atom is -0.496 e. The van der Waals surface area contributed by atoms with Crippen LogP contribution < -0.4 is 10.5 Å². The van der Waals surface area contributed by atoms with E-state index in [9.17, 15) is 8.78 Å². The lowest BCUT2D eigenvalue weighted by Gasteiger charge is -2.10. The number of alkyl halides is 2. The molecular weight excluding hydrogens is 284 g/mol. The normalized spacial score (nSPS) is 11.0. The number of nitrogens with two attached hydrogens (primary N) is 1. The van der Waals surface area contributed by atoms with Gasteiger partial charge in [-0.2, -0.15) is 0 Å². The minimum atomic E-state index is -2.49. The molecule has 9 heteroatoms. The molecule has 0 fully saturated rings. The number of methoxy groups -OCH3 is 1. The molecule has 0 amide bonds. The van der Waals surface area contributed by atoms with Crippen LogP contribution in [0.25, 0.3) is 11.4 Å². The van der Waals surface area contributed by atoms with E-state index in [-0.39, 0.29) is 13.2 Å². The van der Waals surface area contributed by atoms with Gasteiger partial charge in [-0.1, -0.05) is 0 Å². The van der Waals surface area contributed by atoms with E-state index >= 15 is 0 Å². The van der Waals surface area contributed by atoms with Gasteiger partial charge < -0.3 is 15.2 Å². The van der Waals surface area contributed by atoms with E-state index in [4.69, 9.17) is 15.2 Å². The number of halogens is 2. The number of anilines is 1. The van der Waals surface area contributed by atoms with Crippen molar-refractivity contribution in [3.05, 3.63) is 18.2 Å². The largest absolute Gasteiger partial charge is 0.496 e. The Morgan fingerprint density at radius 2 is 2.19 bits per heavy atom. The number of nitrogens with zero attached hydrogens (tertiary/aromatic N) is 4. The second-order valence-electron chi connectivity index (χ2n) is 4.15. The topological polar surface area (TPSA) is 88.1 Å². The number of nitrogen functional groups attached to an aromatic ring is 1. The van der Waals surface area contributed by atoms with Crippen molar-refractivity contribution in [1.29, 1.82) is 0 Å². The third-order valence-electron chi connectivity index (χ3n) is 2.69. The number of aromatic nitrogens is 4. The highest BCUT2D eigenvalue weighted by Crippen LogP contribution is 2.29. The van der Waals surface area contributed by atoms with Crippen LogP contribution in [0.1, 0.15) is 0 Å². The van der Waals surface area contributed by atoms with Gasteiger partial charge in [0.2, 0.25) is 0 Å². The van der Waals surface area contributed by atoms with Crippen molar-refractivity contribution in [3.8, 4) is 17.1 Å². The number of tetrazole rings is 1. The summed E-state index contributed by atoms with van der Waals surface area (Å²) in [5, 5.41) is 11.3. The molecule has 0 aliphatic heterocycles. The predicted molar refractivity (Wildman–Crippen MR) is 71.0 cm³/mol. The zero-order valence-electron chi connectivity index (χ0n) is 11.4. The summed E-state index contributed by atoms with van der Waals surface area (Å²) in [7, 11) is 1.52. The quantitative estimate of drug-likeness (QED) is 0.611. The van der Waals surface area contributed by atoms with Crippen LogP contribution in [-0.4, -0.2) is 47.0 Å². The number of rotatable bonds is 7. The molecule has 0 saturated heterocycles. The summed E-state index contributed by atoms with van der Waals surface area (Å²) in [5.74, 6) is 0.994. The first kappa shape index (κ1) is 15.1. The lowest BCUT2D eigenvalue weighted by Crippen LogP contribution is -2.12. The fourth-order valence-electron chi connectivity index (χ4n) is 1.77. The molecule has 1 heterocycles. The average Bonchev–Trinajstić information content (AvgIpc) is 2.91. The number of ether oxygens (including phenoxy) is 2. The smallest absolute Gasteiger partial charge is 0.261 e. The summed E-state index contributed by atoms with van der Waals surface area (Å²) in [4.78, 5) is 0. The van der Waals surface area contributed by atoms with E-state index in [1.165, 1.54) is 11.8 Å². The van der Waals surface area contributed by atoms with Crippen LogP contribution in [-0.2, 0) is 11.3 Å². The van der Waals surface area contributed by atoms with Crippen molar-refractivity contribution in [1.82, 2.24) is 20.2 Å². The zero-order chi connectivity index (χ0) is 15.2. The molecule has 0 bridgehead atoms. The summed E-state index contributed by atoms with van der Waals surface area (Å²) >= 11 is 0. The Morgan fingerprint density at radius 3 is 2.90 bits per heavy atom. The zero-order valence-corrected chi connectivity index (χ0v) is 11.4. The van der Waals surface area contributed by atoms with Crippen LogP contribution in [0.2, 0.25) is 0 Å². The van der Waals surface area contributed by atoms with Gasteiger partial charge in [0.15, 0.2) is 5.82 Å². The Hall–Kier alpha value is -2.29. The lowest BCUT2D eigenvalue weighted by molar-refractivity contribution is 0.0140. The molecule has 1 aromatic heterocycles. The highest BCUT2D eigenvalue weighted by molar-refractivity contribution is 5.68. The average molecular weight is 299 g/mol. The molecule has 0 aliphatic rings.